The van der Waals surface area contributed by atoms with Crippen molar-refractivity contribution in [1.29, 1.82) is 5.26 Å². The van der Waals surface area contributed by atoms with E-state index in [1.165, 1.54) is 7.05 Å². The first-order chi connectivity index (χ1) is 9.51. The minimum Gasteiger partial charge on any atom is -0.343 e. The molecule has 0 radical (unpaired) electrons. The molecule has 1 N–H and O–H groups in total. The minimum atomic E-state index is -0.765. The van der Waals surface area contributed by atoms with Crippen molar-refractivity contribution in [2.75, 3.05) is 7.05 Å². The summed E-state index contributed by atoms with van der Waals surface area (Å²) in [4.78, 5) is 35.8. The fourth-order valence-electron chi connectivity index (χ4n) is 2.00. The number of rotatable bonds is 3. The van der Waals surface area contributed by atoms with Crippen molar-refractivity contribution in [3.05, 3.63) is 35.4 Å². The van der Waals surface area contributed by atoms with E-state index in [1.807, 2.05) is 6.07 Å². The maximum atomic E-state index is 11.8. The molecule has 6 nitrogen and oxygen atoms in total. The highest BCUT2D eigenvalue weighted by molar-refractivity contribution is 6.06. The summed E-state index contributed by atoms with van der Waals surface area (Å²) in [5.41, 5.74) is 1.26. The first kappa shape index (κ1) is 13.7. The number of carbonyl (C=O) groups excluding carboxylic acids is 3. The highest BCUT2D eigenvalue weighted by Gasteiger charge is 2.36. The molecule has 0 bridgehead atoms. The summed E-state index contributed by atoms with van der Waals surface area (Å²) in [6.07, 6.45) is 0.113. The number of carbonyl (C=O) groups is 3. The molecule has 1 fully saturated rings. The summed E-state index contributed by atoms with van der Waals surface area (Å²) in [5, 5.41) is 11.2. The normalized spacial score (nSPS) is 18.0. The molecule has 1 heterocycles. The van der Waals surface area contributed by atoms with Crippen LogP contribution in [0, 0.1) is 11.3 Å². The number of likely N-dealkylation sites (tertiary alicyclic amines) is 1. The molecule has 102 valence electrons. The number of amides is 3. The molecule has 2 rings (SSSR count). The van der Waals surface area contributed by atoms with Crippen molar-refractivity contribution >= 4 is 17.7 Å². The van der Waals surface area contributed by atoms with Gasteiger partial charge in [0.2, 0.25) is 11.8 Å². The molecule has 6 heteroatoms. The standard InChI is InChI=1S/C14H13N3O3/c1-17-13(19)7-11(14(17)20)16-12(18)6-9-2-4-10(8-15)5-3-9/h2-5,11H,6-7H2,1H3,(H,16,18). The topological polar surface area (TPSA) is 90.3 Å². The molecule has 0 saturated carbocycles. The zero-order valence-electron chi connectivity index (χ0n) is 10.9. The summed E-state index contributed by atoms with van der Waals surface area (Å²) in [6, 6.07) is 7.85. The van der Waals surface area contributed by atoms with E-state index in [0.29, 0.717) is 5.56 Å². The van der Waals surface area contributed by atoms with E-state index in [4.69, 9.17) is 5.26 Å². The average molecular weight is 271 g/mol. The third kappa shape index (κ3) is 2.83. The summed E-state index contributed by atoms with van der Waals surface area (Å²) in [5.74, 6) is -1.00. The predicted molar refractivity (Wildman–Crippen MR) is 69.2 cm³/mol. The lowest BCUT2D eigenvalue weighted by molar-refractivity contribution is -0.138. The van der Waals surface area contributed by atoms with Crippen LogP contribution in [-0.4, -0.2) is 35.7 Å². The zero-order chi connectivity index (χ0) is 14.7. The largest absolute Gasteiger partial charge is 0.343 e. The van der Waals surface area contributed by atoms with E-state index >= 15 is 0 Å². The van der Waals surface area contributed by atoms with Gasteiger partial charge in [0, 0.05) is 7.05 Å². The first-order valence-corrected chi connectivity index (χ1v) is 6.10. The van der Waals surface area contributed by atoms with Gasteiger partial charge in [-0.15, -0.1) is 0 Å². The van der Waals surface area contributed by atoms with E-state index in [2.05, 4.69) is 5.32 Å². The Labute approximate surface area is 116 Å². The van der Waals surface area contributed by atoms with Crippen molar-refractivity contribution in [1.82, 2.24) is 10.2 Å². The van der Waals surface area contributed by atoms with Gasteiger partial charge in [-0.1, -0.05) is 12.1 Å². The summed E-state index contributed by atoms with van der Waals surface area (Å²) >= 11 is 0. The molecule has 1 aromatic rings. The van der Waals surface area contributed by atoms with Gasteiger partial charge < -0.3 is 5.32 Å². The van der Waals surface area contributed by atoms with Gasteiger partial charge in [-0.25, -0.2) is 0 Å². The number of nitriles is 1. The number of likely N-dealkylation sites (N-methyl/N-ethyl adjacent to an activating group) is 1. The maximum Gasteiger partial charge on any atom is 0.252 e. The molecule has 0 aliphatic carbocycles. The minimum absolute atomic E-state index is 0.00838. The van der Waals surface area contributed by atoms with E-state index < -0.39 is 6.04 Å². The zero-order valence-corrected chi connectivity index (χ0v) is 10.9. The monoisotopic (exact) mass is 271 g/mol. The van der Waals surface area contributed by atoms with Crippen LogP contribution < -0.4 is 5.32 Å². The lowest BCUT2D eigenvalue weighted by Gasteiger charge is -2.11. The third-order valence-corrected chi connectivity index (χ3v) is 3.16. The van der Waals surface area contributed by atoms with Gasteiger partial charge in [0.25, 0.3) is 5.91 Å². The van der Waals surface area contributed by atoms with Gasteiger partial charge in [-0.2, -0.15) is 5.26 Å². The summed E-state index contributed by atoms with van der Waals surface area (Å²) < 4.78 is 0. The van der Waals surface area contributed by atoms with E-state index in [1.54, 1.807) is 24.3 Å². The molecule has 3 amide bonds. The molecule has 1 aliphatic rings. The molecule has 20 heavy (non-hydrogen) atoms. The highest BCUT2D eigenvalue weighted by atomic mass is 16.2. The Morgan fingerprint density at radius 1 is 1.40 bits per heavy atom. The molecule has 1 aromatic carbocycles. The van der Waals surface area contributed by atoms with Crippen LogP contribution in [0.4, 0.5) is 0 Å². The number of hydrogen-bond acceptors (Lipinski definition) is 4. The second-order valence-corrected chi connectivity index (χ2v) is 4.60. The van der Waals surface area contributed by atoms with Crippen LogP contribution in [0.25, 0.3) is 0 Å². The molecular formula is C14H13N3O3. The SMILES string of the molecule is CN1C(=O)CC(NC(=O)Cc2ccc(C#N)cc2)C1=O. The Bertz CT molecular complexity index is 601. The van der Waals surface area contributed by atoms with E-state index in [-0.39, 0.29) is 30.6 Å². The molecular weight excluding hydrogens is 258 g/mol. The van der Waals surface area contributed by atoms with Crippen LogP contribution in [-0.2, 0) is 20.8 Å². The van der Waals surface area contributed by atoms with Crippen molar-refractivity contribution in [2.45, 2.75) is 18.9 Å². The van der Waals surface area contributed by atoms with Crippen LogP contribution in [0.5, 0.6) is 0 Å². The quantitative estimate of drug-likeness (QED) is 0.782. The van der Waals surface area contributed by atoms with Crippen molar-refractivity contribution in [3.8, 4) is 6.07 Å². The van der Waals surface area contributed by atoms with Gasteiger partial charge in [-0.05, 0) is 17.7 Å². The lowest BCUT2D eigenvalue weighted by atomic mass is 10.1. The lowest BCUT2D eigenvalue weighted by Crippen LogP contribution is -2.41. The van der Waals surface area contributed by atoms with Crippen LogP contribution in [0.3, 0.4) is 0 Å². The Morgan fingerprint density at radius 2 is 2.05 bits per heavy atom. The third-order valence-electron chi connectivity index (χ3n) is 3.16. The van der Waals surface area contributed by atoms with Crippen molar-refractivity contribution in [3.63, 3.8) is 0 Å². The molecule has 0 spiro atoms. The fourth-order valence-corrected chi connectivity index (χ4v) is 2.00. The van der Waals surface area contributed by atoms with Gasteiger partial charge in [-0.3, -0.25) is 19.3 Å². The maximum absolute atomic E-state index is 11.8. The second-order valence-electron chi connectivity index (χ2n) is 4.60. The molecule has 1 saturated heterocycles. The Kier molecular flexibility index (Phi) is 3.80. The van der Waals surface area contributed by atoms with E-state index in [9.17, 15) is 14.4 Å². The van der Waals surface area contributed by atoms with Crippen molar-refractivity contribution in [2.24, 2.45) is 0 Å². The highest BCUT2D eigenvalue weighted by Crippen LogP contribution is 2.11. The molecule has 1 aliphatic heterocycles. The second kappa shape index (κ2) is 5.53. The van der Waals surface area contributed by atoms with Gasteiger partial charge in [0.1, 0.15) is 6.04 Å². The van der Waals surface area contributed by atoms with Crippen LogP contribution in [0.15, 0.2) is 24.3 Å². The summed E-state index contributed by atoms with van der Waals surface area (Å²) in [7, 11) is 1.40. The number of imide groups is 1. The predicted octanol–water partition coefficient (Wildman–Crippen LogP) is -0.0257. The van der Waals surface area contributed by atoms with Gasteiger partial charge in [0.15, 0.2) is 0 Å². The van der Waals surface area contributed by atoms with E-state index in [0.717, 1.165) is 10.5 Å². The number of nitrogens with zero attached hydrogens (tertiary/aromatic N) is 2. The smallest absolute Gasteiger partial charge is 0.252 e. The fraction of sp³-hybridized carbons (Fsp3) is 0.286. The van der Waals surface area contributed by atoms with Crippen LogP contribution >= 0.6 is 0 Å². The Hall–Kier alpha value is -2.68. The summed E-state index contributed by atoms with van der Waals surface area (Å²) in [6.45, 7) is 0. The van der Waals surface area contributed by atoms with Crippen molar-refractivity contribution < 1.29 is 14.4 Å². The molecule has 1 unspecified atom stereocenters. The molecule has 0 aromatic heterocycles. The Morgan fingerprint density at radius 3 is 2.55 bits per heavy atom. The number of nitrogens with one attached hydrogen (secondary N) is 1. The Balaban J connectivity index is 1.94. The number of benzene rings is 1. The number of hydrogen-bond donors (Lipinski definition) is 1. The van der Waals surface area contributed by atoms with Crippen LogP contribution in [0.2, 0.25) is 0 Å². The average Bonchev–Trinajstić information content (AvgIpc) is 2.67. The van der Waals surface area contributed by atoms with Gasteiger partial charge >= 0.3 is 0 Å². The van der Waals surface area contributed by atoms with Crippen LogP contribution in [0.1, 0.15) is 17.5 Å². The first-order valence-electron chi connectivity index (χ1n) is 6.10. The van der Waals surface area contributed by atoms with Gasteiger partial charge in [0.05, 0.1) is 24.5 Å². The molecule has 1 atom stereocenters.